The molecule has 5 heterocycles. The number of aryl methyl sites for hydroxylation is 2. The number of rotatable bonds is 2. The third-order valence-corrected chi connectivity index (χ3v) is 5.00. The molecule has 0 saturated heterocycles. The summed E-state index contributed by atoms with van der Waals surface area (Å²) < 4.78 is 42.6. The van der Waals surface area contributed by atoms with Crippen molar-refractivity contribution in [2.75, 3.05) is 11.5 Å². The molecule has 0 aliphatic rings. The molecule has 222 valence electrons. The highest BCUT2D eigenvalue weighted by molar-refractivity contribution is 9.10. The third-order valence-electron chi connectivity index (χ3n) is 4.58. The molecule has 15 nitrogen and oxygen atoms in total. The number of nitrogens with two attached hydrogens (primary N) is 2. The number of aromatic nitrogens is 7. The minimum Gasteiger partial charge on any atom is -0.394 e. The van der Waals surface area contributed by atoms with Crippen molar-refractivity contribution in [1.29, 1.82) is 0 Å². The zero-order valence-corrected chi connectivity index (χ0v) is 23.3. The summed E-state index contributed by atoms with van der Waals surface area (Å²) in [4.78, 5) is 45.6. The average molecular weight is 655 g/mol. The van der Waals surface area contributed by atoms with E-state index >= 15 is 0 Å². The van der Waals surface area contributed by atoms with Crippen molar-refractivity contribution in [3.63, 3.8) is 0 Å². The SMILES string of the molecule is Cn1ccc(-n2cc(F)cc(N)c2=O)n1.Cn1ccc(Br)n1.Nc1cc(F)c[nH]c1=O.O=c1[nH]cc(F)cc1[N+](=O)[O-]. The van der Waals surface area contributed by atoms with Crippen molar-refractivity contribution in [3.8, 4) is 5.82 Å². The van der Waals surface area contributed by atoms with Crippen LogP contribution in [0.5, 0.6) is 0 Å². The van der Waals surface area contributed by atoms with Gasteiger partial charge >= 0.3 is 11.2 Å². The first-order valence-corrected chi connectivity index (χ1v) is 12.0. The number of pyridine rings is 3. The second-order valence-corrected chi connectivity index (χ2v) is 8.65. The molecule has 42 heavy (non-hydrogen) atoms. The first-order valence-electron chi connectivity index (χ1n) is 11.2. The molecule has 19 heteroatoms. The summed E-state index contributed by atoms with van der Waals surface area (Å²) in [7, 11) is 3.59. The van der Waals surface area contributed by atoms with Crippen molar-refractivity contribution in [2.45, 2.75) is 0 Å². The maximum atomic E-state index is 13.0. The standard InChI is InChI=1S/C9H9FN4O.C5H3FN2O3.C5H5FN2O.C4H5BrN2/c1-13-3-2-8(12-13)14-5-6(10)4-7(11)9(14)15;6-3-1-4(8(10)11)5(9)7-2-3;6-3-1-4(7)5(9)8-2-3;1-7-3-2-4(5)6-7/h2-5H,11H2,1H3;1-2H,(H,7,9);1-2H,7H2,(H,8,9);2-3H,1H3. The maximum Gasteiger partial charge on any atom is 0.336 e. The van der Waals surface area contributed by atoms with Crippen molar-refractivity contribution in [3.05, 3.63) is 125 Å². The Bertz CT molecular complexity index is 1830. The molecule has 0 radical (unpaired) electrons. The number of hydrogen-bond acceptors (Lipinski definition) is 9. The van der Waals surface area contributed by atoms with Gasteiger partial charge in [-0.1, -0.05) is 0 Å². The Kier molecular flexibility index (Phi) is 11.5. The Balaban J connectivity index is 0.000000204. The summed E-state index contributed by atoms with van der Waals surface area (Å²) in [6, 6.07) is 6.01. The summed E-state index contributed by atoms with van der Waals surface area (Å²) in [6.45, 7) is 0. The number of hydrogen-bond donors (Lipinski definition) is 4. The van der Waals surface area contributed by atoms with Crippen molar-refractivity contribution in [2.24, 2.45) is 14.1 Å². The van der Waals surface area contributed by atoms with Gasteiger partial charge in [0.05, 0.1) is 17.2 Å². The van der Waals surface area contributed by atoms with Gasteiger partial charge in [0.25, 0.3) is 11.1 Å². The fraction of sp³-hybridized carbons (Fsp3) is 0.0870. The predicted molar refractivity (Wildman–Crippen MR) is 149 cm³/mol. The quantitative estimate of drug-likeness (QED) is 0.161. The van der Waals surface area contributed by atoms with Crippen LogP contribution < -0.4 is 28.1 Å². The topological polar surface area (TPSA) is 219 Å². The fourth-order valence-corrected chi connectivity index (χ4v) is 3.08. The van der Waals surface area contributed by atoms with E-state index in [2.05, 4.69) is 31.1 Å². The molecular formula is C23H22BrF3N10O5. The van der Waals surface area contributed by atoms with Gasteiger partial charge in [-0.05, 0) is 22.0 Å². The van der Waals surface area contributed by atoms with Crippen LogP contribution in [0.15, 0.2) is 80.3 Å². The predicted octanol–water partition coefficient (Wildman–Crippen LogP) is 1.99. The molecule has 5 rings (SSSR count). The highest BCUT2D eigenvalue weighted by atomic mass is 79.9. The minimum absolute atomic E-state index is 0.102. The van der Waals surface area contributed by atoms with E-state index in [1.165, 1.54) is 4.68 Å². The van der Waals surface area contributed by atoms with Crippen molar-refractivity contribution in [1.82, 2.24) is 34.1 Å². The number of nitrogens with zero attached hydrogens (tertiary/aromatic N) is 6. The van der Waals surface area contributed by atoms with Crippen molar-refractivity contribution < 1.29 is 18.1 Å². The lowest BCUT2D eigenvalue weighted by molar-refractivity contribution is -0.386. The second-order valence-electron chi connectivity index (χ2n) is 7.84. The summed E-state index contributed by atoms with van der Waals surface area (Å²) >= 11 is 3.20. The van der Waals surface area contributed by atoms with Gasteiger partial charge in [-0.15, -0.1) is 0 Å². The zero-order chi connectivity index (χ0) is 31.6. The lowest BCUT2D eigenvalue weighted by Gasteiger charge is -2.02. The number of aromatic amines is 2. The molecule has 0 aliphatic carbocycles. The molecule has 0 aromatic carbocycles. The average Bonchev–Trinajstić information content (AvgIpc) is 3.53. The molecule has 0 aliphatic heterocycles. The molecule has 0 spiro atoms. The fourth-order valence-electron chi connectivity index (χ4n) is 2.71. The van der Waals surface area contributed by atoms with Gasteiger partial charge < -0.3 is 21.4 Å². The number of halogens is 4. The summed E-state index contributed by atoms with van der Waals surface area (Å²) in [5.74, 6) is -1.60. The first kappa shape index (κ1) is 32.8. The van der Waals surface area contributed by atoms with E-state index in [0.29, 0.717) is 11.9 Å². The highest BCUT2D eigenvalue weighted by Gasteiger charge is 2.12. The van der Waals surface area contributed by atoms with Gasteiger partial charge in [-0.3, -0.25) is 38.4 Å². The van der Waals surface area contributed by atoms with Crippen LogP contribution in [-0.4, -0.2) is 39.0 Å². The molecule has 0 unspecified atom stereocenters. The molecule has 5 aromatic rings. The molecule has 0 bridgehead atoms. The molecule has 6 N–H and O–H groups in total. The van der Waals surface area contributed by atoms with Crippen molar-refractivity contribution >= 4 is 33.0 Å². The van der Waals surface area contributed by atoms with Crippen LogP contribution in [0.4, 0.5) is 30.2 Å². The van der Waals surface area contributed by atoms with Crippen LogP contribution in [0.1, 0.15) is 0 Å². The largest absolute Gasteiger partial charge is 0.394 e. The molecule has 5 aromatic heterocycles. The molecule has 0 atom stereocenters. The first-order chi connectivity index (χ1) is 19.7. The van der Waals surface area contributed by atoms with Gasteiger partial charge in [0.1, 0.15) is 33.4 Å². The Morgan fingerprint density at radius 2 is 1.40 bits per heavy atom. The number of H-pyrrole nitrogens is 2. The number of anilines is 2. The number of nitrogen functional groups attached to an aromatic ring is 2. The van der Waals surface area contributed by atoms with E-state index in [9.17, 15) is 37.7 Å². The van der Waals surface area contributed by atoms with Gasteiger partial charge in [0, 0.05) is 57.1 Å². The smallest absolute Gasteiger partial charge is 0.336 e. The normalized spacial score (nSPS) is 9.86. The van der Waals surface area contributed by atoms with E-state index in [1.54, 1.807) is 24.0 Å². The van der Waals surface area contributed by atoms with E-state index in [1.807, 2.05) is 24.3 Å². The summed E-state index contributed by atoms with van der Waals surface area (Å²) in [5.41, 5.74) is 7.52. The molecule has 0 fully saturated rings. The highest BCUT2D eigenvalue weighted by Crippen LogP contribution is 2.06. The third kappa shape index (κ3) is 9.93. The van der Waals surface area contributed by atoms with Crippen LogP contribution in [-0.2, 0) is 14.1 Å². The summed E-state index contributed by atoms with van der Waals surface area (Å²) in [6.07, 6.45) is 6.31. The van der Waals surface area contributed by atoms with Crippen LogP contribution in [0.2, 0.25) is 0 Å². The minimum atomic E-state index is -0.943. The van der Waals surface area contributed by atoms with Crippen LogP contribution in [0.25, 0.3) is 5.82 Å². The number of nitro groups is 1. The van der Waals surface area contributed by atoms with E-state index in [-0.39, 0.29) is 11.4 Å². The Morgan fingerprint density at radius 1 is 0.857 bits per heavy atom. The van der Waals surface area contributed by atoms with Crippen LogP contribution in [0.3, 0.4) is 0 Å². The van der Waals surface area contributed by atoms with Gasteiger partial charge in [-0.25, -0.2) is 13.2 Å². The van der Waals surface area contributed by atoms with E-state index in [4.69, 9.17) is 11.5 Å². The molecular weight excluding hydrogens is 633 g/mol. The Labute approximate surface area is 241 Å². The molecule has 0 saturated carbocycles. The lowest BCUT2D eigenvalue weighted by Crippen LogP contribution is -2.22. The van der Waals surface area contributed by atoms with Gasteiger partial charge in [-0.2, -0.15) is 10.2 Å². The maximum absolute atomic E-state index is 13.0. The Morgan fingerprint density at radius 3 is 1.83 bits per heavy atom. The second kappa shape index (κ2) is 14.8. The number of nitrogens with one attached hydrogen (secondary N) is 2. The Hall–Kier alpha value is -5.46. The van der Waals surface area contributed by atoms with E-state index in [0.717, 1.165) is 39.9 Å². The van der Waals surface area contributed by atoms with Crippen LogP contribution >= 0.6 is 15.9 Å². The van der Waals surface area contributed by atoms with Gasteiger partial charge in [0.2, 0.25) is 0 Å². The summed E-state index contributed by atoms with van der Waals surface area (Å²) in [5, 5.41) is 17.9. The lowest BCUT2D eigenvalue weighted by atomic mass is 10.4. The van der Waals surface area contributed by atoms with Gasteiger partial charge in [0.15, 0.2) is 5.82 Å². The van der Waals surface area contributed by atoms with E-state index < -0.39 is 44.7 Å². The monoisotopic (exact) mass is 654 g/mol. The van der Waals surface area contributed by atoms with Crippen LogP contribution in [0, 0.1) is 27.6 Å². The molecule has 0 amide bonds. The zero-order valence-electron chi connectivity index (χ0n) is 21.7.